The van der Waals surface area contributed by atoms with E-state index in [1.54, 1.807) is 0 Å². The molecule has 2 fully saturated rings. The minimum absolute atomic E-state index is 0.847. The fourth-order valence-corrected chi connectivity index (χ4v) is 5.45. The first kappa shape index (κ1) is 15.7. The highest BCUT2D eigenvalue weighted by molar-refractivity contribution is 5.16. The Morgan fingerprint density at radius 2 is 1.50 bits per heavy atom. The van der Waals surface area contributed by atoms with E-state index in [4.69, 9.17) is 0 Å². The second kappa shape index (κ2) is 7.01. The number of nitrogens with zero attached hydrogens (tertiary/aromatic N) is 1. The maximum Gasteiger partial charge on any atom is 0.0819 e. The Morgan fingerprint density at radius 1 is 0.833 bits per heavy atom. The van der Waals surface area contributed by atoms with Gasteiger partial charge in [0.25, 0.3) is 0 Å². The van der Waals surface area contributed by atoms with Gasteiger partial charge in [-0.3, -0.25) is 0 Å². The van der Waals surface area contributed by atoms with E-state index in [2.05, 4.69) is 66.3 Å². The van der Waals surface area contributed by atoms with Gasteiger partial charge in [-0.25, -0.2) is 0 Å². The van der Waals surface area contributed by atoms with Crippen molar-refractivity contribution < 1.29 is 4.57 Å². The van der Waals surface area contributed by atoms with Crippen molar-refractivity contribution in [2.75, 3.05) is 0 Å². The van der Waals surface area contributed by atoms with Gasteiger partial charge in [0.15, 0.2) is 0 Å². The van der Waals surface area contributed by atoms with Gasteiger partial charge in [0, 0.05) is 7.05 Å². The molecule has 4 unspecified atom stereocenters. The van der Waals surface area contributed by atoms with E-state index in [0.29, 0.717) is 0 Å². The van der Waals surface area contributed by atoms with E-state index in [9.17, 15) is 0 Å². The summed E-state index contributed by atoms with van der Waals surface area (Å²) in [6.07, 6.45) is 11.8. The van der Waals surface area contributed by atoms with Crippen LogP contribution in [-0.4, -0.2) is 0 Å². The largest absolute Gasteiger partial charge is 0.337 e. The van der Waals surface area contributed by atoms with Crippen LogP contribution in [-0.2, 0) is 12.8 Å². The minimum atomic E-state index is 0.847. The maximum absolute atomic E-state index is 4.17. The van der Waals surface area contributed by atoms with Crippen LogP contribution in [0.4, 0.5) is 0 Å². The van der Waals surface area contributed by atoms with Gasteiger partial charge in [-0.15, -0.1) is 0 Å². The molecule has 0 saturated heterocycles. The van der Waals surface area contributed by atoms with E-state index in [-0.39, 0.29) is 0 Å². The van der Waals surface area contributed by atoms with Crippen LogP contribution >= 0.6 is 0 Å². The summed E-state index contributed by atoms with van der Waals surface area (Å²) in [4.78, 5) is 0. The fourth-order valence-electron chi connectivity index (χ4n) is 5.45. The molecule has 2 aliphatic carbocycles. The van der Waals surface area contributed by atoms with Crippen LogP contribution < -0.4 is 4.57 Å². The predicted octanol–water partition coefficient (Wildman–Crippen LogP) is 4.84. The zero-order valence-corrected chi connectivity index (χ0v) is 14.6. The Morgan fingerprint density at radius 3 is 2.21 bits per heavy atom. The van der Waals surface area contributed by atoms with Gasteiger partial charge in [-0.2, -0.15) is 0 Å². The molecule has 2 saturated carbocycles. The van der Waals surface area contributed by atoms with Gasteiger partial charge < -0.3 is 4.57 Å². The van der Waals surface area contributed by atoms with Crippen molar-refractivity contribution in [3.8, 4) is 0 Å². The average Bonchev–Trinajstić information content (AvgIpc) is 2.96. The van der Waals surface area contributed by atoms with Crippen LogP contribution in [0.1, 0.15) is 43.4 Å². The topological polar surface area (TPSA) is 3.88 Å². The van der Waals surface area contributed by atoms with Crippen LogP contribution in [0.15, 0.2) is 54.7 Å². The molecule has 2 aromatic rings. The van der Waals surface area contributed by atoms with Crippen LogP contribution in [0.25, 0.3) is 0 Å². The van der Waals surface area contributed by atoms with E-state index in [1.807, 2.05) is 0 Å². The standard InChI is InChI=1S/C23H29N/c1-24-14-8-7-11-21(24)17-20-16-19(15-18-9-3-2-4-10-18)22-12-5-6-13-23(20)22/h2-4,7-11,14,19-20,22-23H,1,5-6,12-13,15-17H2. The molecule has 4 atom stereocenters. The second-order valence-corrected chi connectivity index (χ2v) is 7.92. The third-order valence-electron chi connectivity index (χ3n) is 6.54. The lowest BCUT2D eigenvalue weighted by Crippen LogP contribution is -2.33. The predicted molar refractivity (Wildman–Crippen MR) is 98.3 cm³/mol. The van der Waals surface area contributed by atoms with Gasteiger partial charge in [0.1, 0.15) is 0 Å². The van der Waals surface area contributed by atoms with Crippen molar-refractivity contribution in [2.45, 2.75) is 44.9 Å². The zero-order valence-electron chi connectivity index (χ0n) is 14.6. The molecule has 0 bridgehead atoms. The number of pyridine rings is 1. The molecule has 1 heterocycles. The molecule has 0 radical (unpaired) electrons. The lowest BCUT2D eigenvalue weighted by atomic mass is 9.74. The molecule has 4 rings (SSSR count). The number of hydrogen-bond acceptors (Lipinski definition) is 0. The third-order valence-corrected chi connectivity index (χ3v) is 6.54. The smallest absolute Gasteiger partial charge is 0.0819 e. The van der Waals surface area contributed by atoms with Gasteiger partial charge in [0.05, 0.1) is 11.9 Å². The molecule has 1 nitrogen and oxygen atoms in total. The van der Waals surface area contributed by atoms with E-state index in [1.165, 1.54) is 56.2 Å². The van der Waals surface area contributed by atoms with Crippen LogP contribution in [0.2, 0.25) is 0 Å². The Labute approximate surface area is 146 Å². The van der Waals surface area contributed by atoms with Gasteiger partial charge in [0.2, 0.25) is 0 Å². The van der Waals surface area contributed by atoms with E-state index < -0.39 is 0 Å². The molecule has 1 heteroatoms. The Bertz CT molecular complexity index is 663. The minimum Gasteiger partial charge on any atom is -0.337 e. The lowest BCUT2D eigenvalue weighted by Gasteiger charge is -2.31. The summed E-state index contributed by atoms with van der Waals surface area (Å²) in [7, 11) is 4.17. The highest BCUT2D eigenvalue weighted by atomic mass is 14.9. The number of aromatic nitrogens is 1. The molecular formula is C23H29N. The zero-order chi connectivity index (χ0) is 16.4. The van der Waals surface area contributed by atoms with Crippen molar-refractivity contribution in [1.29, 1.82) is 0 Å². The first-order valence-corrected chi connectivity index (χ1v) is 9.65. The van der Waals surface area contributed by atoms with E-state index in [0.717, 1.165) is 23.7 Å². The fraction of sp³-hybridized carbons (Fsp3) is 0.478. The number of benzene rings is 1. The number of fused-ring (bicyclic) bond motifs is 1. The SMILES string of the molecule is [CH2-][n+]1ccccc1CC1CC(Cc2ccccc2)C2CCCCC12. The van der Waals surface area contributed by atoms with Gasteiger partial charge in [-0.05, 0) is 61.3 Å². The summed E-state index contributed by atoms with van der Waals surface area (Å²) in [6.45, 7) is 0. The maximum atomic E-state index is 4.17. The third kappa shape index (κ3) is 3.22. The molecule has 0 amide bonds. The van der Waals surface area contributed by atoms with Crippen molar-refractivity contribution in [3.05, 3.63) is 73.0 Å². The Balaban J connectivity index is 1.52. The Kier molecular flexibility index (Phi) is 4.60. The molecule has 24 heavy (non-hydrogen) atoms. The second-order valence-electron chi connectivity index (χ2n) is 7.92. The lowest BCUT2D eigenvalue weighted by molar-refractivity contribution is -0.621. The molecule has 0 N–H and O–H groups in total. The van der Waals surface area contributed by atoms with Crippen molar-refractivity contribution in [2.24, 2.45) is 23.7 Å². The molecule has 2 aliphatic rings. The van der Waals surface area contributed by atoms with Crippen molar-refractivity contribution >= 4 is 0 Å². The molecular weight excluding hydrogens is 290 g/mol. The van der Waals surface area contributed by atoms with E-state index >= 15 is 0 Å². The summed E-state index contributed by atoms with van der Waals surface area (Å²) >= 11 is 0. The number of rotatable bonds is 4. The first-order chi connectivity index (χ1) is 11.8. The molecule has 0 spiro atoms. The summed E-state index contributed by atoms with van der Waals surface area (Å²) < 4.78 is 2.07. The highest BCUT2D eigenvalue weighted by Crippen LogP contribution is 2.51. The van der Waals surface area contributed by atoms with Crippen LogP contribution in [0, 0.1) is 30.7 Å². The molecule has 1 aromatic heterocycles. The summed E-state index contributed by atoms with van der Waals surface area (Å²) in [5.74, 6) is 3.61. The van der Waals surface area contributed by atoms with Crippen molar-refractivity contribution in [1.82, 2.24) is 0 Å². The molecule has 1 aromatic carbocycles. The summed E-state index contributed by atoms with van der Waals surface area (Å²) in [5.41, 5.74) is 2.92. The van der Waals surface area contributed by atoms with Gasteiger partial charge >= 0.3 is 0 Å². The first-order valence-electron chi connectivity index (χ1n) is 9.65. The van der Waals surface area contributed by atoms with Crippen molar-refractivity contribution in [3.63, 3.8) is 0 Å². The highest BCUT2D eigenvalue weighted by Gasteiger charge is 2.43. The Hall–Kier alpha value is -1.76. The van der Waals surface area contributed by atoms with Crippen LogP contribution in [0.5, 0.6) is 0 Å². The average molecular weight is 319 g/mol. The van der Waals surface area contributed by atoms with Gasteiger partial charge in [-0.1, -0.05) is 61.4 Å². The molecule has 0 aliphatic heterocycles. The quantitative estimate of drug-likeness (QED) is 0.561. The summed E-state index contributed by atoms with van der Waals surface area (Å²) in [6, 6.07) is 17.6. The normalized spacial score (nSPS) is 29.3. The monoisotopic (exact) mass is 319 g/mol. The summed E-state index contributed by atoms with van der Waals surface area (Å²) in [5, 5.41) is 0. The number of hydrogen-bond donors (Lipinski definition) is 0. The van der Waals surface area contributed by atoms with Crippen LogP contribution in [0.3, 0.4) is 0 Å². The molecule has 126 valence electrons.